The maximum absolute atomic E-state index is 6.41. The minimum Gasteiger partial charge on any atom is -0.459 e. The van der Waals surface area contributed by atoms with Gasteiger partial charge in [-0.15, -0.1) is 0 Å². The number of hydrogen-bond donors (Lipinski definition) is 1. The third-order valence-corrected chi connectivity index (χ3v) is 7.03. The Balaban J connectivity index is 1.06. The number of piperidine rings is 1. The Kier molecular flexibility index (Phi) is 7.75. The van der Waals surface area contributed by atoms with Crippen LogP contribution in [0.3, 0.4) is 0 Å². The average Bonchev–Trinajstić information content (AvgIpc) is 3.00. The van der Waals surface area contributed by atoms with Crippen molar-refractivity contribution in [3.05, 3.63) is 126 Å². The largest absolute Gasteiger partial charge is 0.459 e. The van der Waals surface area contributed by atoms with Gasteiger partial charge >= 0.3 is 6.01 Å². The quantitative estimate of drug-likeness (QED) is 0.236. The van der Waals surface area contributed by atoms with Crippen molar-refractivity contribution in [1.29, 1.82) is 0 Å². The van der Waals surface area contributed by atoms with Crippen molar-refractivity contribution in [2.24, 2.45) is 0 Å². The first-order valence-corrected chi connectivity index (χ1v) is 13.4. The van der Waals surface area contributed by atoms with E-state index >= 15 is 0 Å². The molecule has 2 unspecified atom stereocenters. The summed E-state index contributed by atoms with van der Waals surface area (Å²) in [5.41, 5.74) is 3.23. The fourth-order valence-electron chi connectivity index (χ4n) is 4.98. The van der Waals surface area contributed by atoms with Gasteiger partial charge in [-0.05, 0) is 70.8 Å². The summed E-state index contributed by atoms with van der Waals surface area (Å²) in [5, 5.41) is 5.94. The van der Waals surface area contributed by atoms with Crippen molar-refractivity contribution in [3.63, 3.8) is 0 Å². The van der Waals surface area contributed by atoms with E-state index in [0.29, 0.717) is 19.2 Å². The van der Waals surface area contributed by atoms with Crippen molar-refractivity contribution < 1.29 is 14.2 Å². The molecular formula is C33H31N3O3. The van der Waals surface area contributed by atoms with E-state index in [9.17, 15) is 0 Å². The second kappa shape index (κ2) is 12.1. The Hall–Kier alpha value is -4.26. The van der Waals surface area contributed by atoms with Crippen LogP contribution in [0.15, 0.2) is 109 Å². The molecule has 2 heterocycles. The van der Waals surface area contributed by atoms with E-state index in [1.807, 2.05) is 67.0 Å². The number of fused-ring (bicyclic) bond motifs is 1. The monoisotopic (exact) mass is 517 g/mol. The smallest absolute Gasteiger partial charge is 0.316 e. The SMILES string of the molecule is c1ccc(Oc2cccc(COc3ncc(C4CCNCC4OCc4ccc5ccccc5c4)cn3)c2)cc1. The van der Waals surface area contributed by atoms with Crippen molar-refractivity contribution in [2.45, 2.75) is 31.7 Å². The van der Waals surface area contributed by atoms with Gasteiger partial charge in [0, 0.05) is 24.9 Å². The summed E-state index contributed by atoms with van der Waals surface area (Å²) in [6.07, 6.45) is 4.77. The molecule has 0 bridgehead atoms. The van der Waals surface area contributed by atoms with Crippen molar-refractivity contribution in [2.75, 3.05) is 13.1 Å². The molecule has 0 aliphatic carbocycles. The first kappa shape index (κ1) is 25.0. The van der Waals surface area contributed by atoms with Gasteiger partial charge in [0.1, 0.15) is 18.1 Å². The third-order valence-electron chi connectivity index (χ3n) is 7.03. The molecular weight excluding hydrogens is 486 g/mol. The van der Waals surface area contributed by atoms with E-state index in [0.717, 1.165) is 42.1 Å². The number of benzene rings is 4. The molecule has 1 fully saturated rings. The number of aromatic nitrogens is 2. The highest BCUT2D eigenvalue weighted by Crippen LogP contribution is 2.29. The maximum atomic E-state index is 6.41. The minimum absolute atomic E-state index is 0.0490. The van der Waals surface area contributed by atoms with E-state index in [2.05, 4.69) is 57.7 Å². The second-order valence-electron chi connectivity index (χ2n) is 9.78. The highest BCUT2D eigenvalue weighted by molar-refractivity contribution is 5.82. The van der Waals surface area contributed by atoms with Gasteiger partial charge in [-0.1, -0.05) is 66.7 Å². The molecule has 196 valence electrons. The van der Waals surface area contributed by atoms with Crippen LogP contribution in [0.1, 0.15) is 29.0 Å². The van der Waals surface area contributed by atoms with Crippen LogP contribution in [-0.2, 0) is 18.0 Å². The topological polar surface area (TPSA) is 65.5 Å². The Morgan fingerprint density at radius 3 is 2.36 bits per heavy atom. The summed E-state index contributed by atoms with van der Waals surface area (Å²) >= 11 is 0. The Morgan fingerprint density at radius 2 is 1.49 bits per heavy atom. The molecule has 4 aromatic carbocycles. The van der Waals surface area contributed by atoms with Crippen LogP contribution in [0.2, 0.25) is 0 Å². The van der Waals surface area contributed by atoms with Gasteiger partial charge in [-0.25, -0.2) is 9.97 Å². The summed E-state index contributed by atoms with van der Waals surface area (Å²) in [6, 6.07) is 32.8. The van der Waals surface area contributed by atoms with E-state index < -0.39 is 0 Å². The standard InChI is InChI=1S/C33H31N3O3/c1-2-10-29(11-3-1)39-30-12-6-7-24(18-30)23-38-33-35-19-28(20-36-33)31-15-16-34-21-32(31)37-22-25-13-14-26-8-4-5-9-27(26)17-25/h1-14,17-20,31-32,34H,15-16,21-23H2. The van der Waals surface area contributed by atoms with Gasteiger partial charge in [-0.3, -0.25) is 0 Å². The molecule has 1 N–H and O–H groups in total. The van der Waals surface area contributed by atoms with Gasteiger partial charge in [0.25, 0.3) is 0 Å². The van der Waals surface area contributed by atoms with Crippen LogP contribution in [0.25, 0.3) is 10.8 Å². The Morgan fingerprint density at radius 1 is 0.718 bits per heavy atom. The predicted molar refractivity (Wildman–Crippen MR) is 152 cm³/mol. The van der Waals surface area contributed by atoms with Crippen molar-refractivity contribution in [1.82, 2.24) is 15.3 Å². The van der Waals surface area contributed by atoms with Gasteiger partial charge in [0.15, 0.2) is 0 Å². The first-order chi connectivity index (χ1) is 19.3. The fourth-order valence-corrected chi connectivity index (χ4v) is 4.98. The molecule has 6 heteroatoms. The van der Waals surface area contributed by atoms with E-state index in [4.69, 9.17) is 14.2 Å². The van der Waals surface area contributed by atoms with E-state index in [1.165, 1.54) is 16.3 Å². The van der Waals surface area contributed by atoms with Crippen LogP contribution in [0.4, 0.5) is 0 Å². The van der Waals surface area contributed by atoms with Crippen LogP contribution in [0, 0.1) is 0 Å². The van der Waals surface area contributed by atoms with Gasteiger partial charge < -0.3 is 19.5 Å². The lowest BCUT2D eigenvalue weighted by Crippen LogP contribution is -2.41. The summed E-state index contributed by atoms with van der Waals surface area (Å²) in [7, 11) is 0. The van der Waals surface area contributed by atoms with Crippen LogP contribution < -0.4 is 14.8 Å². The molecule has 1 saturated heterocycles. The normalized spacial score (nSPS) is 17.1. The predicted octanol–water partition coefficient (Wildman–Crippen LogP) is 6.66. The summed E-state index contributed by atoms with van der Waals surface area (Å²) in [5.74, 6) is 1.79. The van der Waals surface area contributed by atoms with Gasteiger partial charge in [0.2, 0.25) is 0 Å². The van der Waals surface area contributed by atoms with Gasteiger partial charge in [-0.2, -0.15) is 0 Å². The molecule has 0 spiro atoms. The number of nitrogens with one attached hydrogen (secondary N) is 1. The lowest BCUT2D eigenvalue weighted by molar-refractivity contribution is 0.0105. The molecule has 0 saturated carbocycles. The zero-order chi connectivity index (χ0) is 26.3. The molecule has 39 heavy (non-hydrogen) atoms. The highest BCUT2D eigenvalue weighted by atomic mass is 16.5. The van der Waals surface area contributed by atoms with Crippen LogP contribution >= 0.6 is 0 Å². The second-order valence-corrected chi connectivity index (χ2v) is 9.78. The molecule has 2 atom stereocenters. The summed E-state index contributed by atoms with van der Waals surface area (Å²) < 4.78 is 18.2. The fraction of sp³-hybridized carbons (Fsp3) is 0.212. The minimum atomic E-state index is 0.0490. The van der Waals surface area contributed by atoms with Gasteiger partial charge in [0.05, 0.1) is 12.7 Å². The highest BCUT2D eigenvalue weighted by Gasteiger charge is 2.28. The number of rotatable bonds is 9. The molecule has 0 amide bonds. The van der Waals surface area contributed by atoms with Crippen LogP contribution in [0.5, 0.6) is 17.5 Å². The number of nitrogens with zero attached hydrogens (tertiary/aromatic N) is 2. The zero-order valence-electron chi connectivity index (χ0n) is 21.7. The maximum Gasteiger partial charge on any atom is 0.316 e. The molecule has 1 aliphatic rings. The molecule has 1 aliphatic heterocycles. The van der Waals surface area contributed by atoms with Crippen molar-refractivity contribution >= 4 is 10.8 Å². The average molecular weight is 518 g/mol. The number of para-hydroxylation sites is 1. The molecule has 6 nitrogen and oxygen atoms in total. The Bertz CT molecular complexity index is 1510. The number of hydrogen-bond acceptors (Lipinski definition) is 6. The Labute approximate surface area is 228 Å². The lowest BCUT2D eigenvalue weighted by Gasteiger charge is -2.32. The van der Waals surface area contributed by atoms with E-state index in [1.54, 1.807) is 0 Å². The number of ether oxygens (including phenoxy) is 3. The van der Waals surface area contributed by atoms with E-state index in [-0.39, 0.29) is 12.0 Å². The molecule has 6 rings (SSSR count). The summed E-state index contributed by atoms with van der Waals surface area (Å²) in [6.45, 7) is 2.68. The lowest BCUT2D eigenvalue weighted by atomic mass is 9.89. The third kappa shape index (κ3) is 6.42. The molecule has 0 radical (unpaired) electrons. The summed E-state index contributed by atoms with van der Waals surface area (Å²) in [4.78, 5) is 9.01. The van der Waals surface area contributed by atoms with Crippen LogP contribution in [-0.4, -0.2) is 29.2 Å². The molecule has 5 aromatic rings. The zero-order valence-corrected chi connectivity index (χ0v) is 21.7. The molecule has 1 aromatic heterocycles. The van der Waals surface area contributed by atoms with Crippen molar-refractivity contribution in [3.8, 4) is 17.5 Å². The first-order valence-electron chi connectivity index (χ1n) is 13.4.